The van der Waals surface area contributed by atoms with Crippen molar-refractivity contribution >= 4 is 28.5 Å². The standard InChI is InChI=1S/C21H20FNO5/c1-4-26-18-8-6-5-7-16(18)23-20(24)13(3)27-21(25)19-12(2)15-11-14(22)9-10-17(15)28-19/h5-11,13H,4H2,1-3H3,(H,23,24)/t13-/m0/s1. The summed E-state index contributed by atoms with van der Waals surface area (Å²) in [4.78, 5) is 24.9. The molecule has 1 atom stereocenters. The number of rotatable bonds is 6. The summed E-state index contributed by atoms with van der Waals surface area (Å²) in [7, 11) is 0. The van der Waals surface area contributed by atoms with Crippen LogP contribution in [0.25, 0.3) is 11.0 Å². The van der Waals surface area contributed by atoms with Crippen molar-refractivity contribution in [1.29, 1.82) is 0 Å². The van der Waals surface area contributed by atoms with Gasteiger partial charge in [-0.2, -0.15) is 0 Å². The van der Waals surface area contributed by atoms with Gasteiger partial charge in [-0.25, -0.2) is 9.18 Å². The third-order valence-electron chi connectivity index (χ3n) is 4.18. The normalized spacial score (nSPS) is 11.9. The van der Waals surface area contributed by atoms with Crippen molar-refractivity contribution in [2.45, 2.75) is 26.9 Å². The molecule has 0 saturated carbocycles. The quantitative estimate of drug-likeness (QED) is 0.634. The highest BCUT2D eigenvalue weighted by Crippen LogP contribution is 2.27. The van der Waals surface area contributed by atoms with Gasteiger partial charge in [0.05, 0.1) is 12.3 Å². The number of carbonyl (C=O) groups is 2. The van der Waals surface area contributed by atoms with Gasteiger partial charge in [0.2, 0.25) is 5.76 Å². The summed E-state index contributed by atoms with van der Waals surface area (Å²) in [6, 6.07) is 10.9. The molecule has 6 nitrogen and oxygen atoms in total. The molecule has 28 heavy (non-hydrogen) atoms. The van der Waals surface area contributed by atoms with E-state index in [1.807, 2.05) is 6.92 Å². The van der Waals surface area contributed by atoms with E-state index in [0.29, 0.717) is 34.6 Å². The zero-order valence-electron chi connectivity index (χ0n) is 15.7. The fourth-order valence-electron chi connectivity index (χ4n) is 2.74. The number of ether oxygens (including phenoxy) is 2. The number of furan rings is 1. The van der Waals surface area contributed by atoms with Crippen LogP contribution in [0.5, 0.6) is 5.75 Å². The molecule has 0 aliphatic rings. The van der Waals surface area contributed by atoms with Crippen molar-refractivity contribution in [3.05, 3.63) is 59.6 Å². The second-order valence-electron chi connectivity index (χ2n) is 6.16. The molecule has 7 heteroatoms. The molecule has 0 spiro atoms. The Labute approximate surface area is 161 Å². The number of para-hydroxylation sites is 2. The van der Waals surface area contributed by atoms with Gasteiger partial charge in [0.1, 0.15) is 17.1 Å². The molecule has 0 radical (unpaired) electrons. The van der Waals surface area contributed by atoms with Crippen LogP contribution in [0, 0.1) is 12.7 Å². The topological polar surface area (TPSA) is 77.8 Å². The van der Waals surface area contributed by atoms with E-state index in [2.05, 4.69) is 5.32 Å². The summed E-state index contributed by atoms with van der Waals surface area (Å²) in [5, 5.41) is 3.16. The Bertz CT molecular complexity index is 1030. The second-order valence-corrected chi connectivity index (χ2v) is 6.16. The molecule has 0 saturated heterocycles. The number of halogens is 1. The summed E-state index contributed by atoms with van der Waals surface area (Å²) in [5.41, 5.74) is 1.30. The third kappa shape index (κ3) is 3.98. The lowest BCUT2D eigenvalue weighted by Crippen LogP contribution is -2.30. The number of carbonyl (C=O) groups excluding carboxylic acids is 2. The molecule has 146 valence electrons. The molecule has 0 bridgehead atoms. The van der Waals surface area contributed by atoms with Crippen molar-refractivity contribution in [2.24, 2.45) is 0 Å². The molecule has 1 N–H and O–H groups in total. The predicted molar refractivity (Wildman–Crippen MR) is 102 cm³/mol. The van der Waals surface area contributed by atoms with Crippen LogP contribution in [0.1, 0.15) is 30.0 Å². The van der Waals surface area contributed by atoms with Gasteiger partial charge in [-0.1, -0.05) is 12.1 Å². The van der Waals surface area contributed by atoms with Crippen LogP contribution in [0.2, 0.25) is 0 Å². The van der Waals surface area contributed by atoms with Crippen LogP contribution in [0.15, 0.2) is 46.9 Å². The van der Waals surface area contributed by atoms with Crippen molar-refractivity contribution in [2.75, 3.05) is 11.9 Å². The molecule has 1 heterocycles. The van der Waals surface area contributed by atoms with Crippen LogP contribution in [0.3, 0.4) is 0 Å². The molecule has 3 aromatic rings. The minimum atomic E-state index is -1.08. The smallest absolute Gasteiger partial charge is 0.375 e. The Morgan fingerprint density at radius 3 is 2.71 bits per heavy atom. The van der Waals surface area contributed by atoms with E-state index in [-0.39, 0.29) is 5.76 Å². The fraction of sp³-hybridized carbons (Fsp3) is 0.238. The van der Waals surface area contributed by atoms with Crippen molar-refractivity contribution in [3.63, 3.8) is 0 Å². The number of benzene rings is 2. The number of esters is 1. The maximum atomic E-state index is 13.4. The molecule has 0 fully saturated rings. The number of anilines is 1. The zero-order valence-corrected chi connectivity index (χ0v) is 15.7. The SMILES string of the molecule is CCOc1ccccc1NC(=O)[C@H](C)OC(=O)c1oc2ccc(F)cc2c1C. The van der Waals surface area contributed by atoms with E-state index < -0.39 is 23.8 Å². The van der Waals surface area contributed by atoms with Gasteiger partial charge in [0.15, 0.2) is 6.10 Å². The third-order valence-corrected chi connectivity index (χ3v) is 4.18. The molecule has 0 aliphatic carbocycles. The largest absolute Gasteiger partial charge is 0.492 e. The lowest BCUT2D eigenvalue weighted by atomic mass is 10.1. The molecule has 3 rings (SSSR count). The van der Waals surface area contributed by atoms with E-state index in [1.54, 1.807) is 31.2 Å². The van der Waals surface area contributed by atoms with Crippen molar-refractivity contribution < 1.29 is 27.9 Å². The highest BCUT2D eigenvalue weighted by atomic mass is 19.1. The number of aryl methyl sites for hydroxylation is 1. The molecule has 1 aromatic heterocycles. The minimum absolute atomic E-state index is 0.0602. The van der Waals surface area contributed by atoms with E-state index in [4.69, 9.17) is 13.9 Å². The van der Waals surface area contributed by atoms with Gasteiger partial charge in [-0.3, -0.25) is 4.79 Å². The van der Waals surface area contributed by atoms with Gasteiger partial charge >= 0.3 is 5.97 Å². The summed E-state index contributed by atoms with van der Waals surface area (Å²) < 4.78 is 29.6. The minimum Gasteiger partial charge on any atom is -0.492 e. The highest BCUT2D eigenvalue weighted by molar-refractivity contribution is 5.99. The first-order valence-electron chi connectivity index (χ1n) is 8.83. The maximum Gasteiger partial charge on any atom is 0.375 e. The first-order chi connectivity index (χ1) is 13.4. The summed E-state index contributed by atoms with van der Waals surface area (Å²) in [6.07, 6.45) is -1.08. The van der Waals surface area contributed by atoms with Crippen LogP contribution in [-0.2, 0) is 9.53 Å². The van der Waals surface area contributed by atoms with Gasteiger partial charge in [-0.05, 0) is 51.1 Å². The number of hydrogen-bond donors (Lipinski definition) is 1. The van der Waals surface area contributed by atoms with E-state index >= 15 is 0 Å². The van der Waals surface area contributed by atoms with Crippen LogP contribution >= 0.6 is 0 Å². The monoisotopic (exact) mass is 385 g/mol. The fourth-order valence-corrected chi connectivity index (χ4v) is 2.74. The molecule has 2 aromatic carbocycles. The highest BCUT2D eigenvalue weighted by Gasteiger charge is 2.25. The Morgan fingerprint density at radius 1 is 1.21 bits per heavy atom. The van der Waals surface area contributed by atoms with Gasteiger partial charge in [-0.15, -0.1) is 0 Å². The van der Waals surface area contributed by atoms with Crippen molar-refractivity contribution in [3.8, 4) is 5.75 Å². The molecular formula is C21H20FNO5. The average molecular weight is 385 g/mol. The van der Waals surface area contributed by atoms with Crippen LogP contribution in [-0.4, -0.2) is 24.6 Å². The number of amides is 1. The molecule has 0 aliphatic heterocycles. The number of fused-ring (bicyclic) bond motifs is 1. The molecule has 0 unspecified atom stereocenters. The first kappa shape index (κ1) is 19.4. The lowest BCUT2D eigenvalue weighted by molar-refractivity contribution is -0.123. The average Bonchev–Trinajstić information content (AvgIpc) is 2.99. The zero-order chi connectivity index (χ0) is 20.3. The summed E-state index contributed by atoms with van der Waals surface area (Å²) in [6.45, 7) is 5.37. The van der Waals surface area contributed by atoms with Gasteiger partial charge < -0.3 is 19.2 Å². The van der Waals surface area contributed by atoms with Crippen LogP contribution in [0.4, 0.5) is 10.1 Å². The van der Waals surface area contributed by atoms with E-state index in [9.17, 15) is 14.0 Å². The Balaban J connectivity index is 1.72. The Morgan fingerprint density at radius 2 is 1.96 bits per heavy atom. The van der Waals surface area contributed by atoms with E-state index in [0.717, 1.165) is 0 Å². The predicted octanol–water partition coefficient (Wildman–Crippen LogP) is 4.46. The Kier molecular flexibility index (Phi) is 5.63. The van der Waals surface area contributed by atoms with Gasteiger partial charge in [0, 0.05) is 10.9 Å². The number of nitrogens with one attached hydrogen (secondary N) is 1. The first-order valence-corrected chi connectivity index (χ1v) is 8.83. The number of hydrogen-bond acceptors (Lipinski definition) is 5. The van der Waals surface area contributed by atoms with Gasteiger partial charge in [0.25, 0.3) is 5.91 Å². The summed E-state index contributed by atoms with van der Waals surface area (Å²) in [5.74, 6) is -1.28. The molecular weight excluding hydrogens is 365 g/mol. The van der Waals surface area contributed by atoms with Crippen LogP contribution < -0.4 is 10.1 Å². The van der Waals surface area contributed by atoms with E-state index in [1.165, 1.54) is 25.1 Å². The summed E-state index contributed by atoms with van der Waals surface area (Å²) >= 11 is 0. The maximum absolute atomic E-state index is 13.4. The second kappa shape index (κ2) is 8.12. The van der Waals surface area contributed by atoms with Crippen molar-refractivity contribution in [1.82, 2.24) is 0 Å². The Hall–Kier alpha value is -3.35. The lowest BCUT2D eigenvalue weighted by Gasteiger charge is -2.15. The molecule has 1 amide bonds.